The first kappa shape index (κ1) is 13.3. The number of methoxy groups -OCH3 is 1. The topological polar surface area (TPSA) is 26.3 Å². The second-order valence-electron chi connectivity index (χ2n) is 3.32. The first-order valence-corrected chi connectivity index (χ1v) is 5.49. The predicted octanol–water partition coefficient (Wildman–Crippen LogP) is 3.31. The fraction of sp³-hybridized carbons (Fsp3) is 0.214. The van der Waals surface area contributed by atoms with Crippen molar-refractivity contribution in [2.24, 2.45) is 0 Å². The molecule has 0 saturated carbocycles. The smallest absolute Gasteiger partial charge is 0.334 e. The van der Waals surface area contributed by atoms with Crippen LogP contribution < -0.4 is 0 Å². The van der Waals surface area contributed by atoms with Crippen molar-refractivity contribution >= 4 is 23.6 Å². The largest absolute Gasteiger partial charge is 0.466 e. The van der Waals surface area contributed by atoms with E-state index in [0.717, 1.165) is 5.56 Å². The molecule has 88 valence electrons. The highest BCUT2D eigenvalue weighted by atomic mass is 35.5. The van der Waals surface area contributed by atoms with Crippen molar-refractivity contribution in [2.75, 3.05) is 7.11 Å². The molecule has 0 spiro atoms. The predicted molar refractivity (Wildman–Crippen MR) is 69.5 cm³/mol. The summed E-state index contributed by atoms with van der Waals surface area (Å²) in [6.07, 6.45) is 2.14. The van der Waals surface area contributed by atoms with Crippen LogP contribution in [0.25, 0.3) is 6.08 Å². The fourth-order valence-corrected chi connectivity index (χ4v) is 1.38. The molecule has 0 aromatic heterocycles. The van der Waals surface area contributed by atoms with Gasteiger partial charge in [-0.2, -0.15) is 0 Å². The summed E-state index contributed by atoms with van der Waals surface area (Å²) in [4.78, 5) is 11.5. The summed E-state index contributed by atoms with van der Waals surface area (Å²) < 4.78 is 4.70. The van der Waals surface area contributed by atoms with Gasteiger partial charge in [-0.15, -0.1) is 5.92 Å². The van der Waals surface area contributed by atoms with E-state index in [1.165, 1.54) is 7.11 Å². The molecular formula is C14H13ClO2. The Hall–Kier alpha value is -1.72. The van der Waals surface area contributed by atoms with Crippen LogP contribution in [0.5, 0.6) is 0 Å². The zero-order valence-corrected chi connectivity index (χ0v) is 10.5. The molecule has 0 amide bonds. The molecule has 1 rings (SSSR count). The molecule has 0 fully saturated rings. The Morgan fingerprint density at radius 2 is 2.06 bits per heavy atom. The molecule has 0 aliphatic rings. The number of halogens is 1. The Bertz CT molecular complexity index is 475. The number of carbonyl (C=O) groups excluding carboxylic acids is 1. The number of carbonyl (C=O) groups is 1. The van der Waals surface area contributed by atoms with Gasteiger partial charge in [-0.1, -0.05) is 29.7 Å². The van der Waals surface area contributed by atoms with Gasteiger partial charge in [-0.25, -0.2) is 4.79 Å². The highest BCUT2D eigenvalue weighted by Crippen LogP contribution is 2.14. The molecule has 0 saturated heterocycles. The van der Waals surface area contributed by atoms with Gasteiger partial charge < -0.3 is 4.74 Å². The molecular weight excluding hydrogens is 236 g/mol. The lowest BCUT2D eigenvalue weighted by atomic mass is 10.1. The number of esters is 1. The highest BCUT2D eigenvalue weighted by molar-refractivity contribution is 6.30. The van der Waals surface area contributed by atoms with E-state index in [1.54, 1.807) is 25.1 Å². The normalized spacial score (nSPS) is 10.4. The van der Waals surface area contributed by atoms with Crippen LogP contribution in [0.4, 0.5) is 0 Å². The van der Waals surface area contributed by atoms with E-state index in [0.29, 0.717) is 17.0 Å². The van der Waals surface area contributed by atoms with E-state index in [1.807, 2.05) is 12.1 Å². The molecule has 2 nitrogen and oxygen atoms in total. The highest BCUT2D eigenvalue weighted by Gasteiger charge is 2.07. The van der Waals surface area contributed by atoms with Crippen LogP contribution in [0.15, 0.2) is 29.8 Å². The van der Waals surface area contributed by atoms with E-state index in [4.69, 9.17) is 16.3 Å². The summed E-state index contributed by atoms with van der Waals surface area (Å²) in [6.45, 7) is 1.73. The SMILES string of the molecule is CC#CC/C(=C\c1ccc(Cl)cc1)C(=O)OC. The van der Waals surface area contributed by atoms with Crippen molar-refractivity contribution in [1.29, 1.82) is 0 Å². The minimum absolute atomic E-state index is 0.359. The van der Waals surface area contributed by atoms with Crippen LogP contribution in [0.3, 0.4) is 0 Å². The lowest BCUT2D eigenvalue weighted by Gasteiger charge is -2.02. The molecule has 0 aliphatic heterocycles. The maximum atomic E-state index is 11.5. The van der Waals surface area contributed by atoms with Crippen molar-refractivity contribution in [3.05, 3.63) is 40.4 Å². The van der Waals surface area contributed by atoms with Gasteiger partial charge in [-0.3, -0.25) is 0 Å². The zero-order valence-electron chi connectivity index (χ0n) is 9.79. The van der Waals surface area contributed by atoms with E-state index in [2.05, 4.69) is 11.8 Å². The van der Waals surface area contributed by atoms with Gasteiger partial charge in [-0.05, 0) is 30.7 Å². The molecule has 17 heavy (non-hydrogen) atoms. The van der Waals surface area contributed by atoms with Crippen LogP contribution in [0.1, 0.15) is 18.9 Å². The Kier molecular flexibility index (Phi) is 5.32. The Balaban J connectivity index is 2.98. The van der Waals surface area contributed by atoms with Gasteiger partial charge in [0.15, 0.2) is 0 Å². The Labute approximate surface area is 106 Å². The number of benzene rings is 1. The lowest BCUT2D eigenvalue weighted by Crippen LogP contribution is -2.04. The van der Waals surface area contributed by atoms with E-state index in [9.17, 15) is 4.79 Å². The first-order valence-electron chi connectivity index (χ1n) is 5.11. The quantitative estimate of drug-likeness (QED) is 0.466. The summed E-state index contributed by atoms with van der Waals surface area (Å²) in [6, 6.07) is 7.22. The molecule has 0 radical (unpaired) electrons. The van der Waals surface area contributed by atoms with Crippen LogP contribution in [0, 0.1) is 11.8 Å². The summed E-state index contributed by atoms with van der Waals surface area (Å²) >= 11 is 5.79. The van der Waals surface area contributed by atoms with Crippen molar-refractivity contribution in [3.8, 4) is 11.8 Å². The van der Waals surface area contributed by atoms with Crippen LogP contribution >= 0.6 is 11.6 Å². The summed E-state index contributed by atoms with van der Waals surface area (Å²) in [5.74, 6) is 5.24. The molecule has 1 aromatic carbocycles. The maximum Gasteiger partial charge on any atom is 0.334 e. The second-order valence-corrected chi connectivity index (χ2v) is 3.75. The van der Waals surface area contributed by atoms with Gasteiger partial charge in [0.1, 0.15) is 0 Å². The van der Waals surface area contributed by atoms with E-state index < -0.39 is 0 Å². The van der Waals surface area contributed by atoms with Crippen LogP contribution in [-0.4, -0.2) is 13.1 Å². The number of hydrogen-bond acceptors (Lipinski definition) is 2. The van der Waals surface area contributed by atoms with Crippen molar-refractivity contribution < 1.29 is 9.53 Å². The van der Waals surface area contributed by atoms with Gasteiger partial charge in [0.25, 0.3) is 0 Å². The number of rotatable bonds is 3. The summed E-state index contributed by atoms with van der Waals surface area (Å²) in [5, 5.41) is 0.662. The molecule has 0 atom stereocenters. The summed E-state index contributed by atoms with van der Waals surface area (Å²) in [5.41, 5.74) is 1.43. The summed E-state index contributed by atoms with van der Waals surface area (Å²) in [7, 11) is 1.36. The Morgan fingerprint density at radius 3 is 2.59 bits per heavy atom. The average molecular weight is 249 g/mol. The fourth-order valence-electron chi connectivity index (χ4n) is 1.26. The molecule has 0 bridgehead atoms. The maximum absolute atomic E-state index is 11.5. The van der Waals surface area contributed by atoms with Gasteiger partial charge in [0, 0.05) is 17.0 Å². The van der Waals surface area contributed by atoms with Crippen molar-refractivity contribution in [2.45, 2.75) is 13.3 Å². The van der Waals surface area contributed by atoms with Gasteiger partial charge >= 0.3 is 5.97 Å². The standard InChI is InChI=1S/C14H13ClO2/c1-3-4-5-12(14(16)17-2)10-11-6-8-13(15)9-7-11/h6-10H,5H2,1-2H3/b12-10+. The second kappa shape index (κ2) is 6.78. The number of hydrogen-bond donors (Lipinski definition) is 0. The zero-order chi connectivity index (χ0) is 12.7. The van der Waals surface area contributed by atoms with Crippen molar-refractivity contribution in [1.82, 2.24) is 0 Å². The Morgan fingerprint density at radius 1 is 1.41 bits per heavy atom. The third-order valence-corrected chi connectivity index (χ3v) is 2.37. The molecule has 0 unspecified atom stereocenters. The van der Waals surface area contributed by atoms with Crippen LogP contribution in [0.2, 0.25) is 5.02 Å². The lowest BCUT2D eigenvalue weighted by molar-refractivity contribution is -0.136. The van der Waals surface area contributed by atoms with Crippen LogP contribution in [-0.2, 0) is 9.53 Å². The van der Waals surface area contributed by atoms with Gasteiger partial charge in [0.05, 0.1) is 7.11 Å². The minimum atomic E-state index is -0.359. The third-order valence-electron chi connectivity index (χ3n) is 2.11. The third kappa shape index (κ3) is 4.34. The van der Waals surface area contributed by atoms with Crippen molar-refractivity contribution in [3.63, 3.8) is 0 Å². The van der Waals surface area contributed by atoms with E-state index in [-0.39, 0.29) is 5.97 Å². The molecule has 0 heterocycles. The molecule has 0 aliphatic carbocycles. The first-order chi connectivity index (χ1) is 8.17. The number of ether oxygens (including phenoxy) is 1. The molecule has 1 aromatic rings. The average Bonchev–Trinajstić information content (AvgIpc) is 2.36. The minimum Gasteiger partial charge on any atom is -0.466 e. The monoisotopic (exact) mass is 248 g/mol. The molecule has 0 N–H and O–H groups in total. The van der Waals surface area contributed by atoms with E-state index >= 15 is 0 Å². The van der Waals surface area contributed by atoms with Gasteiger partial charge in [0.2, 0.25) is 0 Å². The molecule has 3 heteroatoms.